The van der Waals surface area contributed by atoms with Gasteiger partial charge >= 0.3 is 12.0 Å². The molecule has 1 spiro atoms. The average Bonchev–Trinajstić information content (AvgIpc) is 3.99. The van der Waals surface area contributed by atoms with Crippen molar-refractivity contribution in [3.63, 3.8) is 0 Å². The largest absolute Gasteiger partial charge is 0.481 e. The lowest BCUT2D eigenvalue weighted by Gasteiger charge is -2.48. The molecule has 1 aliphatic heterocycles. The molecule has 5 amide bonds. The highest BCUT2D eigenvalue weighted by molar-refractivity contribution is 6.00. The molecule has 0 bridgehead atoms. The molecule has 2 heterocycles. The Labute approximate surface area is 329 Å². The minimum absolute atomic E-state index is 0.00175. The molecule has 4 aliphatic rings. The topological polar surface area (TPSA) is 166 Å². The first kappa shape index (κ1) is 41.2. The lowest BCUT2D eigenvalue weighted by molar-refractivity contribution is -0.152. The van der Waals surface area contributed by atoms with Gasteiger partial charge in [-0.2, -0.15) is 5.10 Å². The number of carbonyl (C=O) groups excluding carboxylic acids is 4. The zero-order valence-corrected chi connectivity index (χ0v) is 33.4. The van der Waals surface area contributed by atoms with Crippen molar-refractivity contribution < 1.29 is 33.5 Å². The van der Waals surface area contributed by atoms with Gasteiger partial charge in [0.05, 0.1) is 11.1 Å². The van der Waals surface area contributed by atoms with Crippen molar-refractivity contribution in [2.24, 2.45) is 16.7 Å². The Bertz CT molecular complexity index is 1750. The van der Waals surface area contributed by atoms with E-state index in [1.165, 1.54) is 12.1 Å². The van der Waals surface area contributed by atoms with Crippen LogP contribution < -0.4 is 16.0 Å². The number of nitrogens with one attached hydrogen (secondary N) is 3. The molecule has 3 aliphatic carbocycles. The van der Waals surface area contributed by atoms with Crippen LogP contribution in [0.3, 0.4) is 0 Å². The van der Waals surface area contributed by atoms with Gasteiger partial charge in [0.25, 0.3) is 5.91 Å². The normalized spacial score (nSPS) is 21.3. The van der Waals surface area contributed by atoms with Crippen molar-refractivity contribution in [3.8, 4) is 0 Å². The molecular formula is C42H60FN7O6. The number of amides is 5. The Morgan fingerprint density at radius 3 is 2.20 bits per heavy atom. The van der Waals surface area contributed by atoms with Crippen LogP contribution in [-0.4, -0.2) is 92.7 Å². The van der Waals surface area contributed by atoms with Crippen LogP contribution in [0.25, 0.3) is 0 Å². The first-order valence-corrected chi connectivity index (χ1v) is 20.7. The number of hydrogen-bond donors (Lipinski definition) is 4. The Morgan fingerprint density at radius 1 is 0.946 bits per heavy atom. The van der Waals surface area contributed by atoms with E-state index in [4.69, 9.17) is 0 Å². The number of carboxylic acids is 1. The van der Waals surface area contributed by atoms with E-state index in [2.05, 4.69) is 21.0 Å². The zero-order valence-electron chi connectivity index (χ0n) is 33.4. The van der Waals surface area contributed by atoms with Crippen LogP contribution in [-0.2, 0) is 20.9 Å². The van der Waals surface area contributed by atoms with Crippen LogP contribution in [0.5, 0.6) is 0 Å². The number of urea groups is 1. The number of nitrogens with zero attached hydrogens (tertiary/aromatic N) is 4. The van der Waals surface area contributed by atoms with Gasteiger partial charge in [-0.3, -0.25) is 23.9 Å². The molecule has 1 aromatic heterocycles. The van der Waals surface area contributed by atoms with E-state index in [0.717, 1.165) is 77.0 Å². The summed E-state index contributed by atoms with van der Waals surface area (Å²) in [5.74, 6) is -3.30. The van der Waals surface area contributed by atoms with Crippen molar-refractivity contribution in [1.82, 2.24) is 30.2 Å². The van der Waals surface area contributed by atoms with Crippen molar-refractivity contribution in [2.75, 3.05) is 25.5 Å². The lowest BCUT2D eigenvalue weighted by Crippen LogP contribution is -2.56. The third-order valence-corrected chi connectivity index (χ3v) is 13.5. The number of likely N-dealkylation sites (tertiary alicyclic amines) is 1. The van der Waals surface area contributed by atoms with E-state index < -0.39 is 47.0 Å². The quantitative estimate of drug-likeness (QED) is 0.184. The van der Waals surface area contributed by atoms with Gasteiger partial charge < -0.3 is 30.9 Å². The van der Waals surface area contributed by atoms with Gasteiger partial charge in [0.2, 0.25) is 11.8 Å². The maximum atomic E-state index is 16.0. The van der Waals surface area contributed by atoms with E-state index >= 15 is 4.39 Å². The van der Waals surface area contributed by atoms with Gasteiger partial charge in [0, 0.05) is 44.8 Å². The lowest BCUT2D eigenvalue weighted by atomic mass is 9.61. The second-order valence-electron chi connectivity index (χ2n) is 17.2. The number of carbonyl (C=O) groups is 5. The van der Waals surface area contributed by atoms with Gasteiger partial charge in [-0.05, 0) is 113 Å². The fourth-order valence-electron chi connectivity index (χ4n) is 9.06. The maximum absolute atomic E-state index is 16.0. The predicted molar refractivity (Wildman–Crippen MR) is 209 cm³/mol. The summed E-state index contributed by atoms with van der Waals surface area (Å²) in [5, 5.41) is 22.6. The van der Waals surface area contributed by atoms with Crippen LogP contribution in [0, 0.1) is 22.6 Å². The molecule has 6 rings (SSSR count). The van der Waals surface area contributed by atoms with E-state index in [1.54, 1.807) is 46.8 Å². The van der Waals surface area contributed by atoms with Gasteiger partial charge in [0.15, 0.2) is 0 Å². The molecule has 0 radical (unpaired) electrons. The van der Waals surface area contributed by atoms with E-state index in [9.17, 15) is 29.1 Å². The highest BCUT2D eigenvalue weighted by Crippen LogP contribution is 2.50. The monoisotopic (exact) mass is 777 g/mol. The second kappa shape index (κ2) is 17.3. The van der Waals surface area contributed by atoms with Gasteiger partial charge in [0.1, 0.15) is 23.6 Å². The highest BCUT2D eigenvalue weighted by Gasteiger charge is 2.47. The molecule has 4 fully saturated rings. The first-order chi connectivity index (χ1) is 26.7. The van der Waals surface area contributed by atoms with Crippen molar-refractivity contribution in [2.45, 2.75) is 141 Å². The number of hydrogen-bond acceptors (Lipinski definition) is 6. The molecule has 306 valence electrons. The summed E-state index contributed by atoms with van der Waals surface area (Å²) >= 11 is 0. The summed E-state index contributed by atoms with van der Waals surface area (Å²) in [6, 6.07) is 4.00. The number of halogens is 1. The summed E-state index contributed by atoms with van der Waals surface area (Å²) in [4.78, 5) is 70.2. The van der Waals surface area contributed by atoms with Crippen molar-refractivity contribution >= 4 is 35.4 Å². The molecule has 56 heavy (non-hydrogen) atoms. The fraction of sp³-hybridized carbons (Fsp3) is 0.667. The molecule has 0 unspecified atom stereocenters. The summed E-state index contributed by atoms with van der Waals surface area (Å²) in [6.45, 7) is 6.99. The highest BCUT2D eigenvalue weighted by atomic mass is 19.1. The number of anilines is 1. The number of piperidine rings is 1. The Balaban J connectivity index is 1.16. The number of rotatable bonds is 12. The zero-order chi connectivity index (χ0) is 40.2. The van der Waals surface area contributed by atoms with Gasteiger partial charge in [-0.25, -0.2) is 9.18 Å². The third-order valence-electron chi connectivity index (χ3n) is 13.5. The number of aromatic nitrogens is 2. The Morgan fingerprint density at radius 2 is 1.61 bits per heavy atom. The Hall–Kier alpha value is -4.49. The predicted octanol–water partition coefficient (Wildman–Crippen LogP) is 6.30. The minimum Gasteiger partial charge on any atom is -0.481 e. The average molecular weight is 778 g/mol. The van der Waals surface area contributed by atoms with Crippen LogP contribution >= 0.6 is 0 Å². The molecule has 1 saturated heterocycles. The number of aliphatic carboxylic acids is 1. The number of aryl methyl sites for hydroxylation is 1. The van der Waals surface area contributed by atoms with Gasteiger partial charge in [-0.15, -0.1) is 0 Å². The SMILES string of the molecule is CCn1nccc1C(=O)N[C@H](C(=O)Nc1ccc([C@H](C)[C@@H](NC(=O)N(C)C2CC2)C(=O)N2CCC3(CC2)CCC(C)(C(=O)O)CC3)cc1F)C1CCCCCC1. The van der Waals surface area contributed by atoms with Crippen LogP contribution in [0.4, 0.5) is 14.9 Å². The smallest absolute Gasteiger partial charge is 0.318 e. The second-order valence-corrected chi connectivity index (χ2v) is 17.2. The third kappa shape index (κ3) is 9.20. The van der Waals surface area contributed by atoms with E-state index in [-0.39, 0.29) is 35.0 Å². The molecule has 4 N–H and O–H groups in total. The summed E-state index contributed by atoms with van der Waals surface area (Å²) in [6.07, 6.45) is 13.3. The molecular weight excluding hydrogens is 718 g/mol. The first-order valence-electron chi connectivity index (χ1n) is 20.7. The molecule has 13 nitrogen and oxygen atoms in total. The van der Waals surface area contributed by atoms with Gasteiger partial charge in [-0.1, -0.05) is 38.7 Å². The minimum atomic E-state index is -0.967. The van der Waals surface area contributed by atoms with Crippen LogP contribution in [0.1, 0.15) is 133 Å². The molecule has 3 atom stereocenters. The standard InChI is InChI=1S/C42H60FN7O6/c1-5-50-33(16-23-44-50)36(51)46-35(28-10-8-6-7-9-11-28)37(52)45-32-15-12-29(26-31(32)43)27(2)34(47-40(56)48(4)30-13-14-30)38(53)49-24-21-42(22-25-49)19-17-41(3,18-20-42)39(54)55/h12,15-16,23,26-28,30,34-35H,5-11,13-14,17-22,24-25H2,1-4H3,(H,45,52)(H,46,51)(H,47,56)(H,54,55)/t27-,34+,35-/m0/s1. The fourth-order valence-corrected chi connectivity index (χ4v) is 9.06. The Kier molecular flexibility index (Phi) is 12.7. The van der Waals surface area contributed by atoms with Crippen molar-refractivity contribution in [3.05, 3.63) is 47.5 Å². The van der Waals surface area contributed by atoms with Crippen LogP contribution in [0.15, 0.2) is 30.5 Å². The van der Waals surface area contributed by atoms with E-state index in [0.29, 0.717) is 43.7 Å². The summed E-state index contributed by atoms with van der Waals surface area (Å²) in [7, 11) is 1.72. The molecule has 3 saturated carbocycles. The molecule has 14 heteroatoms. The number of carboxylic acid groups (broad SMARTS) is 1. The van der Waals surface area contributed by atoms with Crippen LogP contribution in [0.2, 0.25) is 0 Å². The number of benzene rings is 1. The summed E-state index contributed by atoms with van der Waals surface area (Å²) in [5.41, 5.74) is 0.0939. The summed E-state index contributed by atoms with van der Waals surface area (Å²) < 4.78 is 17.6. The molecule has 2 aromatic rings. The van der Waals surface area contributed by atoms with E-state index in [1.807, 2.05) is 13.8 Å². The molecule has 1 aromatic carbocycles. The van der Waals surface area contributed by atoms with Crippen molar-refractivity contribution in [1.29, 1.82) is 0 Å². The maximum Gasteiger partial charge on any atom is 0.318 e.